The molecule has 3 heterocycles. The fourth-order valence-electron chi connectivity index (χ4n) is 5.45. The first-order valence-corrected chi connectivity index (χ1v) is 12.4. The van der Waals surface area contributed by atoms with Crippen molar-refractivity contribution in [3.8, 4) is 0 Å². The highest BCUT2D eigenvalue weighted by atomic mass is 16.6. The van der Waals surface area contributed by atoms with Crippen LogP contribution in [0.15, 0.2) is 30.3 Å². The number of carbonyl (C=O) groups excluding carboxylic acids is 3. The number of hydrogen-bond donors (Lipinski definition) is 4. The quantitative estimate of drug-likeness (QED) is 0.314. The first-order valence-electron chi connectivity index (χ1n) is 12.4. The lowest BCUT2D eigenvalue weighted by molar-refractivity contribution is -0.151. The molecule has 3 aliphatic rings. The normalized spacial score (nSPS) is 26.1. The van der Waals surface area contributed by atoms with Crippen LogP contribution >= 0.6 is 0 Å². The minimum atomic E-state index is -1.44. The zero-order chi connectivity index (χ0) is 26.5. The van der Waals surface area contributed by atoms with Crippen molar-refractivity contribution in [2.45, 2.75) is 37.5 Å². The summed E-state index contributed by atoms with van der Waals surface area (Å²) in [6, 6.07) is 7.95. The summed E-state index contributed by atoms with van der Waals surface area (Å²) in [6.07, 6.45) is -1.97. The molecule has 4 atom stereocenters. The van der Waals surface area contributed by atoms with Crippen molar-refractivity contribution in [2.75, 3.05) is 50.8 Å². The van der Waals surface area contributed by atoms with Crippen LogP contribution in [-0.4, -0.2) is 118 Å². The van der Waals surface area contributed by atoms with Crippen molar-refractivity contribution < 1.29 is 39.3 Å². The second-order valence-electron chi connectivity index (χ2n) is 9.52. The number of piperidine rings is 1. The van der Waals surface area contributed by atoms with E-state index in [0.29, 0.717) is 45.6 Å². The van der Waals surface area contributed by atoms with Crippen LogP contribution < -0.4 is 10.4 Å². The van der Waals surface area contributed by atoms with Crippen molar-refractivity contribution in [2.24, 2.45) is 5.92 Å². The summed E-state index contributed by atoms with van der Waals surface area (Å²) in [5.41, 5.74) is 2.55. The van der Waals surface area contributed by atoms with Gasteiger partial charge in [-0.25, -0.2) is 15.1 Å². The van der Waals surface area contributed by atoms with Gasteiger partial charge >= 0.3 is 12.2 Å². The number of likely N-dealkylation sites (tertiary alicyclic amines) is 2. The fourth-order valence-corrected chi connectivity index (χ4v) is 5.45. The van der Waals surface area contributed by atoms with E-state index in [1.54, 1.807) is 0 Å². The van der Waals surface area contributed by atoms with E-state index >= 15 is 0 Å². The van der Waals surface area contributed by atoms with Crippen LogP contribution in [0, 0.1) is 5.92 Å². The predicted molar refractivity (Wildman–Crippen MR) is 129 cm³/mol. The maximum Gasteiger partial charge on any atom is 0.410 e. The third kappa shape index (κ3) is 5.72. The van der Waals surface area contributed by atoms with Crippen LogP contribution in [0.4, 0.5) is 15.3 Å². The van der Waals surface area contributed by atoms with E-state index < -0.39 is 42.1 Å². The van der Waals surface area contributed by atoms with Crippen LogP contribution in [0.25, 0.3) is 0 Å². The molecule has 0 aromatic heterocycles. The first kappa shape index (κ1) is 26.5. The molecule has 37 heavy (non-hydrogen) atoms. The first-order chi connectivity index (χ1) is 17.8. The molecule has 4 N–H and O–H groups in total. The molecule has 4 amide bonds. The Hall–Kier alpha value is -3.58. The molecule has 4 rings (SSSR count). The van der Waals surface area contributed by atoms with Crippen LogP contribution in [0.5, 0.6) is 0 Å². The molecule has 0 saturated carbocycles. The van der Waals surface area contributed by atoms with Crippen molar-refractivity contribution in [1.29, 1.82) is 0 Å². The average molecular weight is 520 g/mol. The number of aliphatic hydroxyl groups is 1. The molecule has 13 nitrogen and oxygen atoms in total. The molecule has 3 aliphatic heterocycles. The number of nitrogens with zero attached hydrogens (tertiary/aromatic N) is 4. The van der Waals surface area contributed by atoms with Gasteiger partial charge in [-0.15, -0.1) is 0 Å². The number of amides is 4. The molecule has 0 radical (unpaired) electrons. The number of para-hydroxylation sites is 1. The molecule has 0 unspecified atom stereocenters. The Labute approximate surface area is 214 Å². The SMILES string of the molecule is O=C(NO)[C@H]1C[C@H](OC(=O)N2CCC[C@H]2CO)CN(C(=O)O)[C@@H]1C(=O)N1CCN(c2ccccc2)CC1. The van der Waals surface area contributed by atoms with Gasteiger partial charge in [0.1, 0.15) is 12.1 Å². The van der Waals surface area contributed by atoms with Gasteiger partial charge in [-0.1, -0.05) is 18.2 Å². The van der Waals surface area contributed by atoms with Gasteiger partial charge in [0.2, 0.25) is 11.8 Å². The van der Waals surface area contributed by atoms with Gasteiger partial charge in [0.05, 0.1) is 25.1 Å². The maximum absolute atomic E-state index is 13.6. The second kappa shape index (κ2) is 11.6. The number of aliphatic hydroxyl groups excluding tert-OH is 1. The third-order valence-corrected chi connectivity index (χ3v) is 7.38. The minimum Gasteiger partial charge on any atom is -0.465 e. The highest BCUT2D eigenvalue weighted by Gasteiger charge is 2.49. The lowest BCUT2D eigenvalue weighted by Crippen LogP contribution is -2.64. The van der Waals surface area contributed by atoms with Crippen molar-refractivity contribution in [1.82, 2.24) is 20.2 Å². The molecule has 202 valence electrons. The number of piperazine rings is 1. The largest absolute Gasteiger partial charge is 0.465 e. The number of carboxylic acid groups (broad SMARTS) is 1. The molecule has 3 fully saturated rings. The van der Waals surface area contributed by atoms with Crippen LogP contribution in [0.2, 0.25) is 0 Å². The molecule has 0 bridgehead atoms. The Morgan fingerprint density at radius 2 is 1.70 bits per heavy atom. The van der Waals surface area contributed by atoms with E-state index in [2.05, 4.69) is 4.90 Å². The summed E-state index contributed by atoms with van der Waals surface area (Å²) in [6.45, 7) is 1.63. The molecular formula is C24H33N5O8. The number of carbonyl (C=O) groups is 4. The van der Waals surface area contributed by atoms with E-state index in [1.165, 1.54) is 15.3 Å². The Kier molecular flexibility index (Phi) is 8.34. The summed E-state index contributed by atoms with van der Waals surface area (Å²) in [4.78, 5) is 56.9. The second-order valence-corrected chi connectivity index (χ2v) is 9.52. The third-order valence-electron chi connectivity index (χ3n) is 7.38. The number of hydrogen-bond acceptors (Lipinski definition) is 8. The standard InChI is InChI=1S/C24H33N5O8/c30-15-17-7-4-8-28(17)24(35)37-18-13-19(21(31)25-36)20(29(14-18)23(33)34)22(32)27-11-9-26(10-12-27)16-5-2-1-3-6-16/h1-3,5-6,17-20,30,36H,4,7-15H2,(H,25,31)(H,33,34)/t17-,18-,19-,20-/m0/s1. The molecule has 0 aliphatic carbocycles. The lowest BCUT2D eigenvalue weighted by Gasteiger charge is -2.44. The Morgan fingerprint density at radius 1 is 1.00 bits per heavy atom. The van der Waals surface area contributed by atoms with Crippen molar-refractivity contribution >= 4 is 29.7 Å². The van der Waals surface area contributed by atoms with Gasteiger partial charge < -0.3 is 29.6 Å². The van der Waals surface area contributed by atoms with Crippen LogP contribution in [0.1, 0.15) is 19.3 Å². The van der Waals surface area contributed by atoms with Gasteiger partial charge in [0.25, 0.3) is 0 Å². The summed E-state index contributed by atoms with van der Waals surface area (Å²) in [5.74, 6) is -2.73. The van der Waals surface area contributed by atoms with Gasteiger partial charge in [-0.05, 0) is 25.0 Å². The van der Waals surface area contributed by atoms with Gasteiger partial charge in [0.15, 0.2) is 0 Å². The Morgan fingerprint density at radius 3 is 2.32 bits per heavy atom. The van der Waals surface area contributed by atoms with Gasteiger partial charge in [-0.3, -0.25) is 19.7 Å². The smallest absolute Gasteiger partial charge is 0.410 e. The predicted octanol–water partition coefficient (Wildman–Crippen LogP) is 0.171. The summed E-state index contributed by atoms with van der Waals surface area (Å²) in [5, 5.41) is 28.8. The topological polar surface area (TPSA) is 163 Å². The van der Waals surface area contributed by atoms with E-state index in [1.807, 2.05) is 30.3 Å². The maximum atomic E-state index is 13.6. The Balaban J connectivity index is 1.47. The highest BCUT2D eigenvalue weighted by molar-refractivity contribution is 5.92. The molecule has 3 saturated heterocycles. The number of nitrogens with one attached hydrogen (secondary N) is 1. The van der Waals surface area contributed by atoms with Crippen molar-refractivity contribution in [3.63, 3.8) is 0 Å². The lowest BCUT2D eigenvalue weighted by atomic mass is 9.86. The fraction of sp³-hybridized carbons (Fsp3) is 0.583. The van der Waals surface area contributed by atoms with Crippen LogP contribution in [-0.2, 0) is 14.3 Å². The highest BCUT2D eigenvalue weighted by Crippen LogP contribution is 2.30. The zero-order valence-corrected chi connectivity index (χ0v) is 20.4. The summed E-state index contributed by atoms with van der Waals surface area (Å²) in [7, 11) is 0. The van der Waals surface area contributed by atoms with Crippen LogP contribution in [0.3, 0.4) is 0 Å². The van der Waals surface area contributed by atoms with Gasteiger partial charge in [0, 0.05) is 44.8 Å². The summed E-state index contributed by atoms with van der Waals surface area (Å²) < 4.78 is 5.53. The van der Waals surface area contributed by atoms with E-state index in [-0.39, 0.29) is 25.6 Å². The minimum absolute atomic E-state index is 0.139. The summed E-state index contributed by atoms with van der Waals surface area (Å²) >= 11 is 0. The molecule has 13 heteroatoms. The molecule has 1 aromatic rings. The van der Waals surface area contributed by atoms with Crippen molar-refractivity contribution in [3.05, 3.63) is 30.3 Å². The molecule has 0 spiro atoms. The zero-order valence-electron chi connectivity index (χ0n) is 20.4. The number of hydroxylamine groups is 1. The van der Waals surface area contributed by atoms with Gasteiger partial charge in [-0.2, -0.15) is 0 Å². The number of benzene rings is 1. The number of rotatable bonds is 5. The monoisotopic (exact) mass is 519 g/mol. The van der Waals surface area contributed by atoms with E-state index in [0.717, 1.165) is 10.6 Å². The number of anilines is 1. The average Bonchev–Trinajstić information content (AvgIpc) is 3.41. The molecule has 1 aromatic carbocycles. The number of ether oxygens (including phenoxy) is 1. The van der Waals surface area contributed by atoms with E-state index in [9.17, 15) is 34.6 Å². The van der Waals surface area contributed by atoms with E-state index in [4.69, 9.17) is 4.74 Å². The molecular weight excluding hydrogens is 486 g/mol. The Bertz CT molecular complexity index is 987.